The fourth-order valence-electron chi connectivity index (χ4n) is 2.59. The van der Waals surface area contributed by atoms with Gasteiger partial charge in [-0.3, -0.25) is 4.99 Å². The van der Waals surface area contributed by atoms with Gasteiger partial charge in [0.2, 0.25) is 0 Å². The molecule has 0 heterocycles. The van der Waals surface area contributed by atoms with Gasteiger partial charge in [-0.2, -0.15) is 0 Å². The smallest absolute Gasteiger partial charge is 0.193 e. The van der Waals surface area contributed by atoms with Gasteiger partial charge in [-0.15, -0.1) is 24.0 Å². The van der Waals surface area contributed by atoms with Crippen LogP contribution in [0.25, 0.3) is 0 Å². The van der Waals surface area contributed by atoms with Gasteiger partial charge in [-0.05, 0) is 36.8 Å². The Balaban J connectivity index is 0.00000392. The van der Waals surface area contributed by atoms with Crippen molar-refractivity contribution >= 4 is 29.9 Å². The minimum absolute atomic E-state index is 0. The average molecular weight is 499 g/mol. The molecule has 2 aromatic rings. The normalized spacial score (nSPS) is 10.6. The SMILES string of the molecule is CCOc1cc(CNC(=NC)N(C)CCOc2ccccc2)ccc1OC.I. The molecule has 1 N–H and O–H groups in total. The Kier molecular flexibility index (Phi) is 11.2. The van der Waals surface area contributed by atoms with E-state index in [9.17, 15) is 0 Å². The number of rotatable bonds is 9. The van der Waals surface area contributed by atoms with Crippen LogP contribution in [-0.4, -0.2) is 51.8 Å². The molecule has 0 saturated heterocycles. The Hall–Kier alpha value is -2.16. The second-order valence-corrected chi connectivity index (χ2v) is 5.90. The van der Waals surface area contributed by atoms with Crippen LogP contribution in [-0.2, 0) is 6.54 Å². The molecule has 0 atom stereocenters. The van der Waals surface area contributed by atoms with E-state index in [0.717, 1.165) is 35.3 Å². The summed E-state index contributed by atoms with van der Waals surface area (Å²) in [5.74, 6) is 3.16. The van der Waals surface area contributed by atoms with E-state index < -0.39 is 0 Å². The lowest BCUT2D eigenvalue weighted by molar-refractivity contribution is 0.281. The van der Waals surface area contributed by atoms with Crippen LogP contribution < -0.4 is 19.5 Å². The van der Waals surface area contributed by atoms with Gasteiger partial charge in [0.15, 0.2) is 17.5 Å². The Morgan fingerprint density at radius 1 is 1.07 bits per heavy atom. The summed E-state index contributed by atoms with van der Waals surface area (Å²) >= 11 is 0. The summed E-state index contributed by atoms with van der Waals surface area (Å²) in [6.45, 7) is 4.50. The zero-order chi connectivity index (χ0) is 19.5. The summed E-state index contributed by atoms with van der Waals surface area (Å²) in [6, 6.07) is 15.7. The van der Waals surface area contributed by atoms with Crippen molar-refractivity contribution in [2.75, 3.05) is 41.0 Å². The Morgan fingerprint density at radius 2 is 1.82 bits per heavy atom. The number of likely N-dealkylation sites (N-methyl/N-ethyl adjacent to an activating group) is 1. The van der Waals surface area contributed by atoms with Crippen LogP contribution in [0.4, 0.5) is 0 Å². The van der Waals surface area contributed by atoms with Gasteiger partial charge in [0.05, 0.1) is 20.3 Å². The molecule has 2 rings (SSSR count). The fraction of sp³-hybridized carbons (Fsp3) is 0.381. The van der Waals surface area contributed by atoms with Crippen molar-refractivity contribution < 1.29 is 14.2 Å². The molecule has 0 radical (unpaired) electrons. The number of hydrogen-bond acceptors (Lipinski definition) is 4. The lowest BCUT2D eigenvalue weighted by Gasteiger charge is -2.22. The summed E-state index contributed by atoms with van der Waals surface area (Å²) in [5, 5.41) is 3.36. The Morgan fingerprint density at radius 3 is 2.46 bits per heavy atom. The number of para-hydroxylation sites is 1. The van der Waals surface area contributed by atoms with E-state index in [1.807, 2.05) is 67.4 Å². The summed E-state index contributed by atoms with van der Waals surface area (Å²) in [5.41, 5.74) is 1.09. The maximum absolute atomic E-state index is 5.75. The molecule has 0 aliphatic rings. The van der Waals surface area contributed by atoms with Crippen LogP contribution in [0.1, 0.15) is 12.5 Å². The molecule has 0 aromatic heterocycles. The topological polar surface area (TPSA) is 55.3 Å². The van der Waals surface area contributed by atoms with Crippen molar-refractivity contribution in [3.8, 4) is 17.2 Å². The number of hydrogen-bond donors (Lipinski definition) is 1. The van der Waals surface area contributed by atoms with Gasteiger partial charge in [0, 0.05) is 20.6 Å². The zero-order valence-corrected chi connectivity index (χ0v) is 19.3. The fourth-order valence-corrected chi connectivity index (χ4v) is 2.59. The van der Waals surface area contributed by atoms with Crippen LogP contribution in [0.15, 0.2) is 53.5 Å². The first-order valence-electron chi connectivity index (χ1n) is 9.07. The Bertz CT molecular complexity index is 726. The predicted octanol–water partition coefficient (Wildman–Crippen LogP) is 3.80. The number of methoxy groups -OCH3 is 1. The van der Waals surface area contributed by atoms with Gasteiger partial charge < -0.3 is 24.4 Å². The van der Waals surface area contributed by atoms with E-state index in [1.165, 1.54) is 0 Å². The number of nitrogens with zero attached hydrogens (tertiary/aromatic N) is 2. The van der Waals surface area contributed by atoms with Crippen LogP contribution in [0.3, 0.4) is 0 Å². The standard InChI is InChI=1S/C21H29N3O3.HI/c1-5-26-20-15-17(11-12-19(20)25-4)16-23-21(22-2)24(3)13-14-27-18-9-7-6-8-10-18;/h6-12,15H,5,13-14,16H2,1-4H3,(H,22,23);1H. The van der Waals surface area contributed by atoms with Gasteiger partial charge in [0.1, 0.15) is 12.4 Å². The van der Waals surface area contributed by atoms with Gasteiger partial charge in [-0.1, -0.05) is 24.3 Å². The number of benzene rings is 2. The third-order valence-corrected chi connectivity index (χ3v) is 3.99. The van der Waals surface area contributed by atoms with E-state index in [2.05, 4.69) is 10.3 Å². The minimum atomic E-state index is 0. The van der Waals surface area contributed by atoms with E-state index in [-0.39, 0.29) is 24.0 Å². The van der Waals surface area contributed by atoms with Crippen molar-refractivity contribution in [1.29, 1.82) is 0 Å². The molecule has 7 heteroatoms. The van der Waals surface area contributed by atoms with E-state index in [1.54, 1.807) is 14.2 Å². The molecule has 0 fully saturated rings. The molecule has 0 aliphatic heterocycles. The van der Waals surface area contributed by atoms with Crippen LogP contribution >= 0.6 is 24.0 Å². The number of aliphatic imine (C=N–C) groups is 1. The molecule has 154 valence electrons. The van der Waals surface area contributed by atoms with Gasteiger partial charge in [-0.25, -0.2) is 0 Å². The number of ether oxygens (including phenoxy) is 3. The third-order valence-electron chi connectivity index (χ3n) is 3.99. The van der Waals surface area contributed by atoms with Crippen molar-refractivity contribution in [3.63, 3.8) is 0 Å². The highest BCUT2D eigenvalue weighted by Gasteiger charge is 2.08. The van der Waals surface area contributed by atoms with Gasteiger partial charge >= 0.3 is 0 Å². The van der Waals surface area contributed by atoms with E-state index in [0.29, 0.717) is 19.8 Å². The third kappa shape index (κ3) is 7.46. The van der Waals surface area contributed by atoms with Crippen LogP contribution in [0, 0.1) is 0 Å². The molecule has 0 saturated carbocycles. The highest BCUT2D eigenvalue weighted by molar-refractivity contribution is 14.0. The van der Waals surface area contributed by atoms with E-state index >= 15 is 0 Å². The average Bonchev–Trinajstić information content (AvgIpc) is 2.70. The zero-order valence-electron chi connectivity index (χ0n) is 17.0. The second kappa shape index (κ2) is 13.1. The number of guanidine groups is 1. The van der Waals surface area contributed by atoms with Crippen molar-refractivity contribution in [2.24, 2.45) is 4.99 Å². The van der Waals surface area contributed by atoms with Crippen molar-refractivity contribution in [2.45, 2.75) is 13.5 Å². The molecular formula is C21H30IN3O3. The van der Waals surface area contributed by atoms with Crippen molar-refractivity contribution in [1.82, 2.24) is 10.2 Å². The molecular weight excluding hydrogens is 469 g/mol. The first-order chi connectivity index (χ1) is 13.2. The molecule has 28 heavy (non-hydrogen) atoms. The maximum atomic E-state index is 5.75. The molecule has 0 aliphatic carbocycles. The van der Waals surface area contributed by atoms with Gasteiger partial charge in [0.25, 0.3) is 0 Å². The predicted molar refractivity (Wildman–Crippen MR) is 124 cm³/mol. The molecule has 0 spiro atoms. The molecule has 0 amide bonds. The first kappa shape index (κ1) is 23.9. The monoisotopic (exact) mass is 499 g/mol. The highest BCUT2D eigenvalue weighted by Crippen LogP contribution is 2.27. The Labute approximate surface area is 184 Å². The van der Waals surface area contributed by atoms with Crippen molar-refractivity contribution in [3.05, 3.63) is 54.1 Å². The van der Waals surface area contributed by atoms with E-state index in [4.69, 9.17) is 14.2 Å². The highest BCUT2D eigenvalue weighted by atomic mass is 127. The second-order valence-electron chi connectivity index (χ2n) is 5.90. The summed E-state index contributed by atoms with van der Waals surface area (Å²) in [7, 11) is 5.41. The summed E-state index contributed by atoms with van der Waals surface area (Å²) < 4.78 is 16.7. The maximum Gasteiger partial charge on any atom is 0.193 e. The molecule has 0 unspecified atom stereocenters. The first-order valence-corrected chi connectivity index (χ1v) is 9.07. The molecule has 6 nitrogen and oxygen atoms in total. The number of nitrogens with one attached hydrogen (secondary N) is 1. The lowest BCUT2D eigenvalue weighted by Crippen LogP contribution is -2.40. The largest absolute Gasteiger partial charge is 0.493 e. The summed E-state index contributed by atoms with van der Waals surface area (Å²) in [4.78, 5) is 6.38. The summed E-state index contributed by atoms with van der Waals surface area (Å²) in [6.07, 6.45) is 0. The minimum Gasteiger partial charge on any atom is -0.493 e. The molecule has 0 bridgehead atoms. The lowest BCUT2D eigenvalue weighted by atomic mass is 10.2. The van der Waals surface area contributed by atoms with Crippen LogP contribution in [0.2, 0.25) is 0 Å². The van der Waals surface area contributed by atoms with Crippen LogP contribution in [0.5, 0.6) is 17.2 Å². The quantitative estimate of drug-likeness (QED) is 0.323. The molecule has 2 aromatic carbocycles. The number of halogens is 1.